The highest BCUT2D eigenvalue weighted by Crippen LogP contribution is 2.13. The van der Waals surface area contributed by atoms with E-state index in [1.165, 1.54) is 0 Å². The Bertz CT molecular complexity index is 284. The third kappa shape index (κ3) is 2.81. The molecule has 1 rings (SSSR count). The number of halogens is 1. The van der Waals surface area contributed by atoms with Crippen molar-refractivity contribution in [3.63, 3.8) is 0 Å². The fourth-order valence-electron chi connectivity index (χ4n) is 0.764. The molecule has 2 nitrogen and oxygen atoms in total. The Morgan fingerprint density at radius 1 is 1.75 bits per heavy atom. The highest BCUT2D eigenvalue weighted by atomic mass is 127. The highest BCUT2D eigenvalue weighted by Gasteiger charge is 1.96. The molecule has 0 bridgehead atoms. The standard InChI is InChI=1S/C9H11IN2/c1-7(2)6-12-8-4-3-5-11-9(8)10/h3-5,12H,1,6H2,2H3. The molecule has 1 aromatic heterocycles. The van der Waals surface area contributed by atoms with Gasteiger partial charge in [0.15, 0.2) is 0 Å². The first kappa shape index (κ1) is 9.51. The number of aromatic nitrogens is 1. The van der Waals surface area contributed by atoms with Gasteiger partial charge in [0, 0.05) is 12.7 Å². The Labute approximate surface area is 86.2 Å². The molecule has 1 aromatic rings. The van der Waals surface area contributed by atoms with Crippen LogP contribution in [-0.2, 0) is 0 Å². The molecule has 1 heterocycles. The maximum Gasteiger partial charge on any atom is 0.124 e. The minimum atomic E-state index is 0.807. The van der Waals surface area contributed by atoms with Crippen LogP contribution < -0.4 is 5.32 Å². The van der Waals surface area contributed by atoms with Crippen LogP contribution in [0.4, 0.5) is 5.69 Å². The van der Waals surface area contributed by atoms with Crippen LogP contribution in [0.25, 0.3) is 0 Å². The molecule has 3 heteroatoms. The lowest BCUT2D eigenvalue weighted by atomic mass is 10.3. The number of nitrogens with one attached hydrogen (secondary N) is 1. The SMILES string of the molecule is C=C(C)CNc1cccnc1I. The zero-order valence-corrected chi connectivity index (χ0v) is 9.13. The molecule has 0 aliphatic carbocycles. The molecule has 64 valence electrons. The number of pyridine rings is 1. The van der Waals surface area contributed by atoms with Gasteiger partial charge in [-0.3, -0.25) is 0 Å². The van der Waals surface area contributed by atoms with Crippen molar-refractivity contribution in [2.24, 2.45) is 0 Å². The number of rotatable bonds is 3. The fourth-order valence-corrected chi connectivity index (χ4v) is 1.30. The van der Waals surface area contributed by atoms with Gasteiger partial charge in [-0.05, 0) is 41.6 Å². The van der Waals surface area contributed by atoms with Gasteiger partial charge in [-0.15, -0.1) is 0 Å². The van der Waals surface area contributed by atoms with Gasteiger partial charge in [0.2, 0.25) is 0 Å². The molecule has 0 spiro atoms. The maximum absolute atomic E-state index is 4.15. The summed E-state index contributed by atoms with van der Waals surface area (Å²) in [5.41, 5.74) is 2.19. The molecule has 0 saturated carbocycles. The number of hydrogen-bond donors (Lipinski definition) is 1. The first-order valence-electron chi connectivity index (χ1n) is 3.69. The number of nitrogens with zero attached hydrogens (tertiary/aromatic N) is 1. The molecule has 1 N–H and O–H groups in total. The van der Waals surface area contributed by atoms with Gasteiger partial charge in [0.1, 0.15) is 3.70 Å². The number of hydrogen-bond acceptors (Lipinski definition) is 2. The van der Waals surface area contributed by atoms with Gasteiger partial charge in [-0.1, -0.05) is 12.2 Å². The van der Waals surface area contributed by atoms with Crippen molar-refractivity contribution in [2.75, 3.05) is 11.9 Å². The molecule has 0 aliphatic rings. The van der Waals surface area contributed by atoms with Gasteiger partial charge < -0.3 is 5.32 Å². The summed E-state index contributed by atoms with van der Waals surface area (Å²) in [4.78, 5) is 4.15. The van der Waals surface area contributed by atoms with Crippen LogP contribution in [0, 0.1) is 3.70 Å². The van der Waals surface area contributed by atoms with E-state index < -0.39 is 0 Å². The van der Waals surface area contributed by atoms with E-state index in [0.717, 1.165) is 21.5 Å². The molecule has 0 atom stereocenters. The Kier molecular flexibility index (Phi) is 3.52. The normalized spacial score (nSPS) is 9.50. The van der Waals surface area contributed by atoms with Crippen LogP contribution in [0.2, 0.25) is 0 Å². The topological polar surface area (TPSA) is 24.9 Å². The van der Waals surface area contributed by atoms with E-state index >= 15 is 0 Å². The summed E-state index contributed by atoms with van der Waals surface area (Å²) in [5, 5.41) is 3.24. The second kappa shape index (κ2) is 4.45. The van der Waals surface area contributed by atoms with E-state index in [0.29, 0.717) is 0 Å². The average molecular weight is 274 g/mol. The van der Waals surface area contributed by atoms with Crippen molar-refractivity contribution in [3.05, 3.63) is 34.2 Å². The summed E-state index contributed by atoms with van der Waals surface area (Å²) in [6.07, 6.45) is 1.79. The molecule has 0 aromatic carbocycles. The second-order valence-corrected chi connectivity index (χ2v) is 3.67. The van der Waals surface area contributed by atoms with E-state index in [9.17, 15) is 0 Å². The summed E-state index contributed by atoms with van der Waals surface area (Å²) in [5.74, 6) is 0. The number of anilines is 1. The predicted octanol–water partition coefficient (Wildman–Crippen LogP) is 2.67. The summed E-state index contributed by atoms with van der Waals surface area (Å²) >= 11 is 2.20. The summed E-state index contributed by atoms with van der Waals surface area (Å²) < 4.78 is 0.997. The van der Waals surface area contributed by atoms with E-state index in [4.69, 9.17) is 0 Å². The van der Waals surface area contributed by atoms with Crippen molar-refractivity contribution in [2.45, 2.75) is 6.92 Å². The first-order valence-corrected chi connectivity index (χ1v) is 4.77. The van der Waals surface area contributed by atoms with Gasteiger partial charge in [0.05, 0.1) is 5.69 Å². The molecule has 0 fully saturated rings. The van der Waals surface area contributed by atoms with Gasteiger partial charge in [0.25, 0.3) is 0 Å². The predicted molar refractivity (Wildman–Crippen MR) is 60.3 cm³/mol. The minimum absolute atomic E-state index is 0.807. The summed E-state index contributed by atoms with van der Waals surface area (Å²) in [6.45, 7) is 6.62. The zero-order valence-electron chi connectivity index (χ0n) is 6.97. The van der Waals surface area contributed by atoms with Crippen molar-refractivity contribution < 1.29 is 0 Å². The molecule has 0 saturated heterocycles. The molecular weight excluding hydrogens is 263 g/mol. The third-order valence-electron chi connectivity index (χ3n) is 1.34. The van der Waals surface area contributed by atoms with E-state index in [1.54, 1.807) is 6.20 Å². The monoisotopic (exact) mass is 274 g/mol. The van der Waals surface area contributed by atoms with Crippen molar-refractivity contribution in [1.82, 2.24) is 4.98 Å². The second-order valence-electron chi connectivity index (χ2n) is 2.65. The van der Waals surface area contributed by atoms with Crippen LogP contribution in [0.1, 0.15) is 6.92 Å². The molecule has 0 aliphatic heterocycles. The fraction of sp³-hybridized carbons (Fsp3) is 0.222. The molecule has 0 unspecified atom stereocenters. The van der Waals surface area contributed by atoms with Crippen LogP contribution in [0.5, 0.6) is 0 Å². The maximum atomic E-state index is 4.15. The Morgan fingerprint density at radius 2 is 2.50 bits per heavy atom. The van der Waals surface area contributed by atoms with Crippen LogP contribution >= 0.6 is 22.6 Å². The van der Waals surface area contributed by atoms with Crippen LogP contribution in [0.3, 0.4) is 0 Å². The Balaban J connectivity index is 2.63. The molecular formula is C9H11IN2. The Hall–Kier alpha value is -0.580. The van der Waals surface area contributed by atoms with Crippen LogP contribution in [-0.4, -0.2) is 11.5 Å². The smallest absolute Gasteiger partial charge is 0.124 e. The van der Waals surface area contributed by atoms with Gasteiger partial charge in [-0.2, -0.15) is 0 Å². The lowest BCUT2D eigenvalue weighted by molar-refractivity contribution is 1.18. The van der Waals surface area contributed by atoms with Crippen molar-refractivity contribution in [1.29, 1.82) is 0 Å². The average Bonchev–Trinajstić information content (AvgIpc) is 2.03. The van der Waals surface area contributed by atoms with E-state index in [-0.39, 0.29) is 0 Å². The first-order chi connectivity index (χ1) is 5.70. The quantitative estimate of drug-likeness (QED) is 0.520. The molecule has 0 amide bonds. The van der Waals surface area contributed by atoms with E-state index in [2.05, 4.69) is 39.5 Å². The largest absolute Gasteiger partial charge is 0.379 e. The highest BCUT2D eigenvalue weighted by molar-refractivity contribution is 14.1. The molecule has 0 radical (unpaired) electrons. The molecule has 12 heavy (non-hydrogen) atoms. The van der Waals surface area contributed by atoms with Crippen molar-refractivity contribution in [3.8, 4) is 0 Å². The van der Waals surface area contributed by atoms with Gasteiger partial charge in [-0.25, -0.2) is 4.98 Å². The lowest BCUT2D eigenvalue weighted by Gasteiger charge is -2.06. The zero-order chi connectivity index (χ0) is 8.97. The summed E-state index contributed by atoms with van der Waals surface area (Å²) in [6, 6.07) is 3.93. The van der Waals surface area contributed by atoms with Crippen molar-refractivity contribution >= 4 is 28.3 Å². The minimum Gasteiger partial charge on any atom is -0.379 e. The lowest BCUT2D eigenvalue weighted by Crippen LogP contribution is -2.03. The third-order valence-corrected chi connectivity index (χ3v) is 2.20. The van der Waals surface area contributed by atoms with E-state index in [1.807, 2.05) is 19.1 Å². The summed E-state index contributed by atoms with van der Waals surface area (Å²) in [7, 11) is 0. The Morgan fingerprint density at radius 3 is 3.08 bits per heavy atom. The van der Waals surface area contributed by atoms with Gasteiger partial charge >= 0.3 is 0 Å². The van der Waals surface area contributed by atoms with Crippen LogP contribution in [0.15, 0.2) is 30.5 Å².